The minimum absolute atomic E-state index is 0.105. The summed E-state index contributed by atoms with van der Waals surface area (Å²) in [6.07, 6.45) is -3.04. The van der Waals surface area contributed by atoms with Crippen LogP contribution in [-0.4, -0.2) is 23.3 Å². The molecular weight excluding hydrogens is 369 g/mol. The molecule has 1 heterocycles. The molecule has 28 heavy (non-hydrogen) atoms. The normalized spacial score (nSPS) is 15.6. The number of benzene rings is 2. The van der Waals surface area contributed by atoms with Crippen LogP contribution in [-0.2, 0) is 17.5 Å². The summed E-state index contributed by atoms with van der Waals surface area (Å²) in [5.41, 5.74) is 0.878. The van der Waals surface area contributed by atoms with Gasteiger partial charge in [-0.2, -0.15) is 13.2 Å². The molecule has 4 nitrogen and oxygen atoms in total. The Bertz CT molecular complexity index is 880. The molecule has 1 aliphatic rings. The predicted octanol–water partition coefficient (Wildman–Crippen LogP) is 4.32. The molecule has 1 atom stereocenters. The van der Waals surface area contributed by atoms with Crippen molar-refractivity contribution in [3.63, 3.8) is 0 Å². The van der Waals surface area contributed by atoms with Gasteiger partial charge < -0.3 is 10.2 Å². The first-order chi connectivity index (χ1) is 13.2. The highest BCUT2D eigenvalue weighted by molar-refractivity contribution is 5.94. The van der Waals surface area contributed by atoms with E-state index in [0.717, 1.165) is 24.1 Å². The summed E-state index contributed by atoms with van der Waals surface area (Å²) in [6, 6.07) is 11.3. The van der Waals surface area contributed by atoms with E-state index in [0.29, 0.717) is 30.6 Å². The molecule has 2 amide bonds. The second-order valence-electron chi connectivity index (χ2n) is 6.94. The van der Waals surface area contributed by atoms with Crippen LogP contribution in [0.2, 0.25) is 0 Å². The molecule has 1 saturated heterocycles. The van der Waals surface area contributed by atoms with Gasteiger partial charge in [-0.15, -0.1) is 0 Å². The summed E-state index contributed by atoms with van der Waals surface area (Å²) >= 11 is 0. The zero-order valence-corrected chi connectivity index (χ0v) is 15.4. The van der Waals surface area contributed by atoms with E-state index in [4.69, 9.17) is 0 Å². The van der Waals surface area contributed by atoms with Gasteiger partial charge in [0.15, 0.2) is 0 Å². The molecule has 0 bridgehead atoms. The molecule has 1 aliphatic heterocycles. The van der Waals surface area contributed by atoms with Gasteiger partial charge in [0, 0.05) is 25.1 Å². The maximum Gasteiger partial charge on any atom is 0.416 e. The highest BCUT2D eigenvalue weighted by atomic mass is 19.4. The Hall–Kier alpha value is -2.83. The molecule has 0 aliphatic carbocycles. The fourth-order valence-corrected chi connectivity index (χ4v) is 3.25. The number of likely N-dealkylation sites (tertiary alicyclic amines) is 1. The number of alkyl halides is 3. The fourth-order valence-electron chi connectivity index (χ4n) is 3.25. The van der Waals surface area contributed by atoms with Crippen molar-refractivity contribution in [2.45, 2.75) is 38.5 Å². The van der Waals surface area contributed by atoms with Crippen molar-refractivity contribution < 1.29 is 22.8 Å². The van der Waals surface area contributed by atoms with Gasteiger partial charge in [-0.1, -0.05) is 24.3 Å². The van der Waals surface area contributed by atoms with E-state index >= 15 is 0 Å². The largest absolute Gasteiger partial charge is 0.416 e. The third kappa shape index (κ3) is 4.71. The van der Waals surface area contributed by atoms with Gasteiger partial charge in [0.2, 0.25) is 5.91 Å². The third-order valence-electron chi connectivity index (χ3n) is 4.80. The molecule has 2 aromatic rings. The Kier molecular flexibility index (Phi) is 5.72. The van der Waals surface area contributed by atoms with Gasteiger partial charge in [-0.05, 0) is 48.7 Å². The average Bonchev–Trinajstić information content (AvgIpc) is 3.06. The first-order valence-corrected chi connectivity index (χ1v) is 9.09. The van der Waals surface area contributed by atoms with E-state index in [1.165, 1.54) is 6.07 Å². The number of nitrogens with zero attached hydrogens (tertiary/aromatic N) is 1. The Labute approximate surface area is 161 Å². The summed E-state index contributed by atoms with van der Waals surface area (Å²) in [6.45, 7) is 2.80. The highest BCUT2D eigenvalue weighted by Gasteiger charge is 2.30. The lowest BCUT2D eigenvalue weighted by molar-refractivity contribution is -0.137. The Balaban J connectivity index is 1.69. The van der Waals surface area contributed by atoms with Crippen LogP contribution < -0.4 is 5.32 Å². The Morgan fingerprint density at radius 1 is 1.18 bits per heavy atom. The number of hydrogen-bond donors (Lipinski definition) is 1. The molecule has 7 heteroatoms. The van der Waals surface area contributed by atoms with Crippen molar-refractivity contribution in [1.82, 2.24) is 10.2 Å². The van der Waals surface area contributed by atoms with E-state index in [1.54, 1.807) is 36.1 Å². The van der Waals surface area contributed by atoms with Gasteiger partial charge in [-0.25, -0.2) is 0 Å². The van der Waals surface area contributed by atoms with Crippen molar-refractivity contribution in [3.8, 4) is 0 Å². The number of hydrogen-bond acceptors (Lipinski definition) is 2. The molecular formula is C21H21F3N2O2. The molecule has 1 unspecified atom stereocenters. The Morgan fingerprint density at radius 2 is 1.93 bits per heavy atom. The van der Waals surface area contributed by atoms with Gasteiger partial charge in [-0.3, -0.25) is 9.59 Å². The van der Waals surface area contributed by atoms with Crippen LogP contribution in [0.4, 0.5) is 13.2 Å². The summed E-state index contributed by atoms with van der Waals surface area (Å²) in [5, 5.41) is 2.73. The summed E-state index contributed by atoms with van der Waals surface area (Å²) < 4.78 is 38.6. The quantitative estimate of drug-likeness (QED) is 0.827. The van der Waals surface area contributed by atoms with Gasteiger partial charge in [0.25, 0.3) is 5.91 Å². The summed E-state index contributed by atoms with van der Waals surface area (Å²) in [7, 11) is 0. The van der Waals surface area contributed by atoms with Crippen LogP contribution in [0.5, 0.6) is 0 Å². The van der Waals surface area contributed by atoms with E-state index < -0.39 is 17.8 Å². The number of carbonyl (C=O) groups is 2. The van der Waals surface area contributed by atoms with Gasteiger partial charge >= 0.3 is 6.18 Å². The van der Waals surface area contributed by atoms with E-state index in [2.05, 4.69) is 5.32 Å². The van der Waals surface area contributed by atoms with Crippen LogP contribution >= 0.6 is 0 Å². The van der Waals surface area contributed by atoms with Crippen molar-refractivity contribution in [2.75, 3.05) is 6.54 Å². The van der Waals surface area contributed by atoms with Crippen molar-refractivity contribution in [2.24, 2.45) is 0 Å². The minimum Gasteiger partial charge on any atom is -0.346 e. The molecule has 148 valence electrons. The van der Waals surface area contributed by atoms with Crippen LogP contribution in [0, 0.1) is 0 Å². The number of amides is 2. The summed E-state index contributed by atoms with van der Waals surface area (Å²) in [4.78, 5) is 26.1. The monoisotopic (exact) mass is 390 g/mol. The first-order valence-electron chi connectivity index (χ1n) is 9.09. The van der Waals surface area contributed by atoms with Crippen molar-refractivity contribution >= 4 is 11.8 Å². The van der Waals surface area contributed by atoms with Crippen LogP contribution in [0.15, 0.2) is 48.5 Å². The van der Waals surface area contributed by atoms with Crippen molar-refractivity contribution in [1.29, 1.82) is 0 Å². The lowest BCUT2D eigenvalue weighted by Gasteiger charge is -2.18. The third-order valence-corrected chi connectivity index (χ3v) is 4.80. The highest BCUT2D eigenvalue weighted by Crippen LogP contribution is 2.30. The molecule has 0 saturated carbocycles. The van der Waals surface area contributed by atoms with E-state index in [-0.39, 0.29) is 11.8 Å². The maximum absolute atomic E-state index is 12.9. The van der Waals surface area contributed by atoms with E-state index in [9.17, 15) is 22.8 Å². The van der Waals surface area contributed by atoms with Gasteiger partial charge in [0.1, 0.15) is 0 Å². The lowest BCUT2D eigenvalue weighted by Crippen LogP contribution is -2.27. The Morgan fingerprint density at radius 3 is 2.61 bits per heavy atom. The lowest BCUT2D eigenvalue weighted by atomic mass is 10.0. The van der Waals surface area contributed by atoms with Crippen molar-refractivity contribution in [3.05, 3.63) is 70.8 Å². The van der Waals surface area contributed by atoms with Crippen LogP contribution in [0.1, 0.15) is 52.9 Å². The average molecular weight is 390 g/mol. The molecule has 0 aromatic heterocycles. The topological polar surface area (TPSA) is 49.4 Å². The molecule has 1 N–H and O–H groups in total. The van der Waals surface area contributed by atoms with Gasteiger partial charge in [0.05, 0.1) is 11.6 Å². The number of carbonyl (C=O) groups excluding carboxylic acids is 2. The zero-order valence-electron chi connectivity index (χ0n) is 15.4. The predicted molar refractivity (Wildman–Crippen MR) is 98.4 cm³/mol. The zero-order chi connectivity index (χ0) is 20.3. The SMILES string of the molecule is CC(NC(=O)c1cccc(CN2CCCC2=O)c1)c1cccc(C(F)(F)F)c1. The fraction of sp³-hybridized carbons (Fsp3) is 0.333. The minimum atomic E-state index is -4.43. The first kappa shape index (κ1) is 19.9. The summed E-state index contributed by atoms with van der Waals surface area (Å²) in [5.74, 6) is -0.271. The van der Waals surface area contributed by atoms with Crippen LogP contribution in [0.3, 0.4) is 0 Å². The smallest absolute Gasteiger partial charge is 0.346 e. The molecule has 0 radical (unpaired) electrons. The number of nitrogens with one attached hydrogen (secondary N) is 1. The number of rotatable bonds is 5. The number of halogens is 3. The molecule has 0 spiro atoms. The molecule has 3 rings (SSSR count). The molecule has 2 aromatic carbocycles. The second-order valence-corrected chi connectivity index (χ2v) is 6.94. The standard InChI is InChI=1S/C21H21F3N2O2/c1-14(16-6-3-8-18(12-16)21(22,23)24)25-20(28)17-7-2-5-15(11-17)13-26-10-4-9-19(26)27/h2-3,5-8,11-12,14H,4,9-10,13H2,1H3,(H,25,28). The second kappa shape index (κ2) is 8.04. The molecule has 1 fully saturated rings. The van der Waals surface area contributed by atoms with E-state index in [1.807, 2.05) is 6.07 Å². The maximum atomic E-state index is 12.9. The van der Waals surface area contributed by atoms with Crippen LogP contribution in [0.25, 0.3) is 0 Å².